The van der Waals surface area contributed by atoms with Crippen LogP contribution in [-0.4, -0.2) is 96.7 Å². The van der Waals surface area contributed by atoms with Crippen molar-refractivity contribution in [3.05, 3.63) is 109 Å². The fourth-order valence-corrected chi connectivity index (χ4v) is 11.9. The Kier molecular flexibility index (Phi) is 69.9. The molecule has 0 aliphatic rings. The van der Waals surface area contributed by atoms with Crippen molar-refractivity contribution in [3.8, 4) is 0 Å². The van der Waals surface area contributed by atoms with Gasteiger partial charge in [-0.3, -0.25) is 37.3 Å². The van der Waals surface area contributed by atoms with Gasteiger partial charge in [-0.05, 0) is 122 Å². The molecule has 17 nitrogen and oxygen atoms in total. The van der Waals surface area contributed by atoms with E-state index < -0.39 is 97.5 Å². The second kappa shape index (κ2) is 73.0. The predicted molar refractivity (Wildman–Crippen MR) is 408 cm³/mol. The average Bonchev–Trinajstić information content (AvgIpc) is 1.00. The van der Waals surface area contributed by atoms with Gasteiger partial charge in [-0.1, -0.05) is 285 Å². The number of carbonyl (C=O) groups excluding carboxylic acids is 4. The van der Waals surface area contributed by atoms with E-state index in [1.54, 1.807) is 0 Å². The third-order valence-corrected chi connectivity index (χ3v) is 18.1. The number of ether oxygens (including phenoxy) is 4. The number of hydrogen-bond donors (Lipinski definition) is 3. The molecule has 0 amide bonds. The largest absolute Gasteiger partial charge is 0.472 e. The molecule has 3 N–H and O–H groups in total. The Balaban J connectivity index is 5.37. The highest BCUT2D eigenvalue weighted by atomic mass is 31.2. The number of rotatable bonds is 73. The molecule has 0 heterocycles. The average molecular weight is 1450 g/mol. The maximum atomic E-state index is 13.1. The molecule has 0 rings (SSSR count). The molecule has 0 aromatic rings. The smallest absolute Gasteiger partial charge is 0.462 e. The molecule has 0 bridgehead atoms. The Bertz CT molecular complexity index is 2320. The number of aliphatic hydroxyl groups excluding tert-OH is 1. The van der Waals surface area contributed by atoms with Crippen molar-refractivity contribution in [1.29, 1.82) is 0 Å². The van der Waals surface area contributed by atoms with Crippen molar-refractivity contribution in [2.75, 3.05) is 39.6 Å². The summed E-state index contributed by atoms with van der Waals surface area (Å²) in [6, 6.07) is 0. The lowest BCUT2D eigenvalue weighted by molar-refractivity contribution is -0.161. The molecule has 100 heavy (non-hydrogen) atoms. The van der Waals surface area contributed by atoms with Gasteiger partial charge in [-0.25, -0.2) is 9.13 Å². The van der Waals surface area contributed by atoms with Crippen LogP contribution in [0.1, 0.15) is 323 Å². The first kappa shape index (κ1) is 95.7. The highest BCUT2D eigenvalue weighted by molar-refractivity contribution is 7.47. The summed E-state index contributed by atoms with van der Waals surface area (Å²) in [5.74, 6) is -2.23. The number of phosphoric acid groups is 2. The Morgan fingerprint density at radius 2 is 0.530 bits per heavy atom. The molecule has 0 aliphatic carbocycles. The van der Waals surface area contributed by atoms with Crippen molar-refractivity contribution in [2.24, 2.45) is 0 Å². The topological polar surface area (TPSA) is 237 Å². The Morgan fingerprint density at radius 3 is 0.840 bits per heavy atom. The monoisotopic (exact) mass is 1450 g/mol. The third kappa shape index (κ3) is 72.1. The first-order valence-corrected chi connectivity index (χ1v) is 42.1. The molecule has 5 unspecified atom stereocenters. The van der Waals surface area contributed by atoms with E-state index in [-0.39, 0.29) is 25.7 Å². The lowest BCUT2D eigenvalue weighted by Gasteiger charge is -2.21. The lowest BCUT2D eigenvalue weighted by atomic mass is 10.0. The zero-order valence-electron chi connectivity index (χ0n) is 62.8. The van der Waals surface area contributed by atoms with Gasteiger partial charge in [0.25, 0.3) is 0 Å². The van der Waals surface area contributed by atoms with Gasteiger partial charge < -0.3 is 33.8 Å². The summed E-state index contributed by atoms with van der Waals surface area (Å²) < 4.78 is 68.5. The molecule has 0 fully saturated rings. The third-order valence-electron chi connectivity index (χ3n) is 16.2. The van der Waals surface area contributed by atoms with Gasteiger partial charge in [-0.15, -0.1) is 0 Å². The highest BCUT2D eigenvalue weighted by Crippen LogP contribution is 2.45. The normalized spacial score (nSPS) is 14.5. The van der Waals surface area contributed by atoms with Crippen LogP contribution in [-0.2, 0) is 65.4 Å². The highest BCUT2D eigenvalue weighted by Gasteiger charge is 2.30. The molecule has 0 aromatic heterocycles. The first-order valence-electron chi connectivity index (χ1n) is 39.1. The molecule has 0 aliphatic heterocycles. The summed E-state index contributed by atoms with van der Waals surface area (Å²) in [7, 11) is -9.96. The van der Waals surface area contributed by atoms with Crippen LogP contribution in [0.3, 0.4) is 0 Å². The van der Waals surface area contributed by atoms with Gasteiger partial charge in [0.15, 0.2) is 12.2 Å². The summed E-state index contributed by atoms with van der Waals surface area (Å²) in [4.78, 5) is 72.9. The van der Waals surface area contributed by atoms with Gasteiger partial charge in [-0.2, -0.15) is 0 Å². The van der Waals surface area contributed by atoms with E-state index >= 15 is 0 Å². The maximum absolute atomic E-state index is 13.1. The minimum Gasteiger partial charge on any atom is -0.462 e. The second-order valence-electron chi connectivity index (χ2n) is 25.9. The van der Waals surface area contributed by atoms with E-state index in [1.807, 2.05) is 0 Å². The van der Waals surface area contributed by atoms with E-state index in [9.17, 15) is 43.2 Å². The SMILES string of the molecule is CC/C=C\C/C=C\C/C=C\C/C=C\CCCCCCC(=O)OCC(COP(=O)(O)OCC(O)COP(=O)(O)OCC(COC(=O)CCCCCCCCCCCCCCCCC)OC(=O)CCCCCCC/C=C\CCCC)OC(=O)CCCCCC/C=C\C/C=C\C/C=C\C/C=C\CC. The molecular weight excluding hydrogens is 1310 g/mol. The van der Waals surface area contributed by atoms with Crippen LogP contribution in [0.2, 0.25) is 0 Å². The molecule has 576 valence electrons. The van der Waals surface area contributed by atoms with E-state index in [1.165, 1.54) is 83.5 Å². The molecule has 0 spiro atoms. The molecule has 0 radical (unpaired) electrons. The first-order chi connectivity index (χ1) is 48.7. The van der Waals surface area contributed by atoms with Gasteiger partial charge in [0.1, 0.15) is 19.3 Å². The number of unbranched alkanes of at least 4 members (excludes halogenated alkanes) is 29. The number of hydrogen-bond acceptors (Lipinski definition) is 15. The Labute approximate surface area is 607 Å². The number of esters is 4. The summed E-state index contributed by atoms with van der Waals surface area (Å²) >= 11 is 0. The lowest BCUT2D eigenvalue weighted by Crippen LogP contribution is -2.30. The maximum Gasteiger partial charge on any atom is 0.472 e. The summed E-state index contributed by atoms with van der Waals surface area (Å²) in [5, 5.41) is 10.6. The summed E-state index contributed by atoms with van der Waals surface area (Å²) in [6.45, 7) is 4.57. The van der Waals surface area contributed by atoms with Crippen LogP contribution in [0.25, 0.3) is 0 Å². The fraction of sp³-hybridized carbons (Fsp3) is 0.728. The molecule has 5 atom stereocenters. The van der Waals surface area contributed by atoms with Crippen molar-refractivity contribution in [2.45, 2.75) is 341 Å². The second-order valence-corrected chi connectivity index (χ2v) is 28.8. The van der Waals surface area contributed by atoms with E-state index in [0.717, 1.165) is 161 Å². The minimum absolute atomic E-state index is 0.0597. The van der Waals surface area contributed by atoms with Crippen LogP contribution in [0.5, 0.6) is 0 Å². The van der Waals surface area contributed by atoms with Crippen molar-refractivity contribution in [1.82, 2.24) is 0 Å². The van der Waals surface area contributed by atoms with Crippen LogP contribution < -0.4 is 0 Å². The molecule has 0 aromatic carbocycles. The van der Waals surface area contributed by atoms with Gasteiger partial charge >= 0.3 is 39.5 Å². The van der Waals surface area contributed by atoms with Crippen molar-refractivity contribution < 1.29 is 80.2 Å². The molecule has 19 heteroatoms. The van der Waals surface area contributed by atoms with Crippen LogP contribution in [0, 0.1) is 0 Å². The summed E-state index contributed by atoms with van der Waals surface area (Å²) in [6.07, 6.45) is 77.9. The zero-order valence-corrected chi connectivity index (χ0v) is 64.6. The number of carbonyl (C=O) groups is 4. The van der Waals surface area contributed by atoms with Crippen molar-refractivity contribution >= 4 is 39.5 Å². The Morgan fingerprint density at radius 1 is 0.290 bits per heavy atom. The van der Waals surface area contributed by atoms with Crippen molar-refractivity contribution in [3.63, 3.8) is 0 Å². The number of aliphatic hydroxyl groups is 1. The zero-order chi connectivity index (χ0) is 73.2. The molecular formula is C81H140O17P2. The van der Waals surface area contributed by atoms with Crippen LogP contribution in [0.4, 0.5) is 0 Å². The predicted octanol–water partition coefficient (Wildman–Crippen LogP) is 22.6. The van der Waals surface area contributed by atoms with Crippen LogP contribution >= 0.6 is 15.6 Å². The molecule has 0 saturated heterocycles. The minimum atomic E-state index is -4.99. The fourth-order valence-electron chi connectivity index (χ4n) is 10.3. The van der Waals surface area contributed by atoms with Gasteiger partial charge in [0.05, 0.1) is 26.4 Å². The standard InChI is InChI=1S/C81H140O17P2/c1-5-9-13-17-21-25-29-32-35-37-40-43-47-50-54-58-62-66-79(84)92-72-77(98-81(86)68-64-60-56-52-48-44-41-38-36-33-30-26-22-18-14-10-6-2)74-96-100(89,90)94-70-75(82)69-93-99(87,88)95-73-76(97-80(85)67-63-59-55-51-45-28-24-20-16-12-8-4)71-91-78(83)65-61-57-53-49-46-42-39-34-31-27-23-19-15-11-7-3/h9-10,13-14,20-22,24-26,32-33,35-36,40-41,43-44,75-77,82H,5-8,11-12,15-19,23,27-31,34,37-39,42,45-74H2,1-4H3,(H,87,88)(H,89,90)/b13-9-,14-10-,24-20-,25-21-,26-22-,35-32-,36-33-,43-40-,44-41-. The molecule has 0 saturated carbocycles. The van der Waals surface area contributed by atoms with Gasteiger partial charge in [0, 0.05) is 25.7 Å². The summed E-state index contributed by atoms with van der Waals surface area (Å²) in [5.41, 5.74) is 0. The Hall–Kier alpha value is -4.28. The van der Waals surface area contributed by atoms with Gasteiger partial charge in [0.2, 0.25) is 0 Å². The number of allylic oxidation sites excluding steroid dienone is 18. The van der Waals surface area contributed by atoms with E-state index in [0.29, 0.717) is 25.7 Å². The van der Waals surface area contributed by atoms with E-state index in [4.69, 9.17) is 37.0 Å². The van der Waals surface area contributed by atoms with E-state index in [2.05, 4.69) is 137 Å². The number of phosphoric ester groups is 2. The van der Waals surface area contributed by atoms with Crippen LogP contribution in [0.15, 0.2) is 109 Å². The quantitative estimate of drug-likeness (QED) is 0.0169.